The van der Waals surface area contributed by atoms with Crippen LogP contribution in [0.25, 0.3) is 0 Å². The fourth-order valence-corrected chi connectivity index (χ4v) is 2.21. The highest BCUT2D eigenvalue weighted by atomic mass is 15.1. The predicted octanol–water partition coefficient (Wildman–Crippen LogP) is 3.61. The Balaban J connectivity index is 3.24. The van der Waals surface area contributed by atoms with Crippen molar-refractivity contribution in [1.29, 1.82) is 0 Å². The van der Waals surface area contributed by atoms with Crippen LogP contribution in [0, 0.1) is 11.3 Å². The van der Waals surface area contributed by atoms with Gasteiger partial charge in [-0.3, -0.25) is 0 Å². The van der Waals surface area contributed by atoms with Crippen molar-refractivity contribution in [2.24, 2.45) is 11.3 Å². The molecule has 0 aromatic carbocycles. The fraction of sp³-hybridized carbons (Fsp3) is 0.571. The zero-order valence-corrected chi connectivity index (χ0v) is 10.5. The van der Waals surface area contributed by atoms with Crippen LogP contribution in [0.15, 0.2) is 36.6 Å². The molecule has 0 aromatic rings. The van der Waals surface area contributed by atoms with E-state index >= 15 is 0 Å². The Hall–Kier alpha value is -0.980. The second-order valence-corrected chi connectivity index (χ2v) is 5.13. The van der Waals surface area contributed by atoms with E-state index in [1.54, 1.807) is 0 Å². The molecule has 1 heteroatoms. The standard InChI is InChI=1S/C14H23N/c1-7-12-11(3)14(4,5)9-10-15(6)13(12)8-2/h7-8,11H,1-2,9-10H2,3-6H3. The van der Waals surface area contributed by atoms with Gasteiger partial charge in [0.05, 0.1) is 0 Å². The van der Waals surface area contributed by atoms with Crippen LogP contribution < -0.4 is 0 Å². The van der Waals surface area contributed by atoms with E-state index in [0.717, 1.165) is 6.54 Å². The van der Waals surface area contributed by atoms with Gasteiger partial charge < -0.3 is 4.90 Å². The van der Waals surface area contributed by atoms with Crippen LogP contribution >= 0.6 is 0 Å². The Morgan fingerprint density at radius 2 is 1.93 bits per heavy atom. The van der Waals surface area contributed by atoms with Gasteiger partial charge in [0.2, 0.25) is 0 Å². The molecule has 1 aliphatic heterocycles. The molecule has 15 heavy (non-hydrogen) atoms. The summed E-state index contributed by atoms with van der Waals surface area (Å²) in [6.07, 6.45) is 5.15. The lowest BCUT2D eigenvalue weighted by atomic mass is 9.74. The summed E-state index contributed by atoms with van der Waals surface area (Å²) in [5.41, 5.74) is 2.90. The van der Waals surface area contributed by atoms with Gasteiger partial charge in [0, 0.05) is 19.3 Å². The summed E-state index contributed by atoms with van der Waals surface area (Å²) < 4.78 is 0. The highest BCUT2D eigenvalue weighted by Crippen LogP contribution is 2.40. The van der Waals surface area contributed by atoms with Crippen LogP contribution in [0.5, 0.6) is 0 Å². The summed E-state index contributed by atoms with van der Waals surface area (Å²) in [6, 6.07) is 0. The minimum Gasteiger partial charge on any atom is -0.374 e. The van der Waals surface area contributed by atoms with Crippen LogP contribution in [-0.4, -0.2) is 18.5 Å². The average Bonchev–Trinajstić information content (AvgIpc) is 2.28. The van der Waals surface area contributed by atoms with Crippen molar-refractivity contribution in [3.8, 4) is 0 Å². The zero-order valence-electron chi connectivity index (χ0n) is 10.5. The van der Waals surface area contributed by atoms with Gasteiger partial charge in [0.25, 0.3) is 0 Å². The lowest BCUT2D eigenvalue weighted by molar-refractivity contribution is 0.238. The first-order valence-corrected chi connectivity index (χ1v) is 5.64. The topological polar surface area (TPSA) is 3.24 Å². The zero-order chi connectivity index (χ0) is 11.6. The first-order valence-electron chi connectivity index (χ1n) is 5.64. The summed E-state index contributed by atoms with van der Waals surface area (Å²) in [7, 11) is 2.13. The van der Waals surface area contributed by atoms with Gasteiger partial charge in [-0.05, 0) is 29.4 Å². The molecule has 84 valence electrons. The second kappa shape index (κ2) is 4.26. The van der Waals surface area contributed by atoms with Gasteiger partial charge in [-0.15, -0.1) is 0 Å². The quantitative estimate of drug-likeness (QED) is 0.665. The number of likely N-dealkylation sites (N-methyl/N-ethyl adjacent to an activating group) is 1. The lowest BCUT2D eigenvalue weighted by Gasteiger charge is -2.30. The summed E-state index contributed by atoms with van der Waals surface area (Å²) in [5, 5.41) is 0. The van der Waals surface area contributed by atoms with Gasteiger partial charge in [-0.1, -0.05) is 40.0 Å². The first kappa shape index (κ1) is 12.1. The summed E-state index contributed by atoms with van der Waals surface area (Å²) >= 11 is 0. The molecule has 0 saturated carbocycles. The maximum absolute atomic E-state index is 3.94. The largest absolute Gasteiger partial charge is 0.374 e. The minimum atomic E-state index is 0.336. The number of rotatable bonds is 2. The van der Waals surface area contributed by atoms with E-state index in [9.17, 15) is 0 Å². The van der Waals surface area contributed by atoms with Gasteiger partial charge >= 0.3 is 0 Å². The molecule has 1 unspecified atom stereocenters. The molecule has 0 N–H and O–H groups in total. The normalized spacial score (nSPS) is 26.1. The van der Waals surface area contributed by atoms with Crippen LogP contribution in [0.2, 0.25) is 0 Å². The van der Waals surface area contributed by atoms with Gasteiger partial charge in [-0.2, -0.15) is 0 Å². The molecule has 0 radical (unpaired) electrons. The Bertz CT molecular complexity index is 296. The van der Waals surface area contributed by atoms with Crippen LogP contribution in [0.4, 0.5) is 0 Å². The molecule has 0 spiro atoms. The Labute approximate surface area is 94.2 Å². The minimum absolute atomic E-state index is 0.336. The molecule has 0 fully saturated rings. The molecule has 1 heterocycles. The summed E-state index contributed by atoms with van der Waals surface area (Å²) in [5.74, 6) is 0.535. The molecular formula is C14H23N. The Kier molecular flexibility index (Phi) is 3.43. The van der Waals surface area contributed by atoms with Crippen molar-refractivity contribution in [3.05, 3.63) is 36.6 Å². The van der Waals surface area contributed by atoms with Crippen LogP contribution in [-0.2, 0) is 0 Å². The van der Waals surface area contributed by atoms with Gasteiger partial charge in [-0.25, -0.2) is 0 Å². The first-order chi connectivity index (χ1) is 6.94. The lowest BCUT2D eigenvalue weighted by Crippen LogP contribution is -2.23. The van der Waals surface area contributed by atoms with Gasteiger partial charge in [0.15, 0.2) is 0 Å². The molecule has 0 aromatic heterocycles. The van der Waals surface area contributed by atoms with Gasteiger partial charge in [0.1, 0.15) is 0 Å². The summed E-state index contributed by atoms with van der Waals surface area (Å²) in [6.45, 7) is 15.9. The van der Waals surface area contributed by atoms with E-state index in [1.807, 2.05) is 12.2 Å². The third-order valence-electron chi connectivity index (χ3n) is 3.85. The van der Waals surface area contributed by atoms with E-state index in [-0.39, 0.29) is 0 Å². The number of nitrogens with zero attached hydrogens (tertiary/aromatic N) is 1. The second-order valence-electron chi connectivity index (χ2n) is 5.13. The van der Waals surface area contributed by atoms with E-state index in [1.165, 1.54) is 17.7 Å². The fourth-order valence-electron chi connectivity index (χ4n) is 2.21. The van der Waals surface area contributed by atoms with Crippen molar-refractivity contribution in [1.82, 2.24) is 4.90 Å². The van der Waals surface area contributed by atoms with E-state index < -0.39 is 0 Å². The van der Waals surface area contributed by atoms with E-state index in [4.69, 9.17) is 0 Å². The monoisotopic (exact) mass is 205 g/mol. The molecule has 1 nitrogen and oxygen atoms in total. The maximum atomic E-state index is 3.94. The Morgan fingerprint density at radius 3 is 2.40 bits per heavy atom. The molecule has 0 bridgehead atoms. The smallest absolute Gasteiger partial charge is 0.0392 e. The highest BCUT2D eigenvalue weighted by molar-refractivity contribution is 5.34. The highest BCUT2D eigenvalue weighted by Gasteiger charge is 2.32. The van der Waals surface area contributed by atoms with Crippen LogP contribution in [0.3, 0.4) is 0 Å². The molecular weight excluding hydrogens is 182 g/mol. The van der Waals surface area contributed by atoms with Crippen molar-refractivity contribution in [2.45, 2.75) is 27.2 Å². The number of hydrogen-bond acceptors (Lipinski definition) is 1. The third kappa shape index (κ3) is 2.17. The van der Waals surface area contributed by atoms with Crippen molar-refractivity contribution >= 4 is 0 Å². The number of allylic oxidation sites excluding steroid dienone is 3. The number of hydrogen-bond donors (Lipinski definition) is 0. The molecule has 1 atom stereocenters. The molecule has 0 aliphatic carbocycles. The van der Waals surface area contributed by atoms with E-state index in [0.29, 0.717) is 11.3 Å². The molecule has 0 amide bonds. The predicted molar refractivity (Wildman–Crippen MR) is 67.6 cm³/mol. The van der Waals surface area contributed by atoms with Crippen molar-refractivity contribution in [3.63, 3.8) is 0 Å². The SMILES string of the molecule is C=CC1=C(C=C)N(C)CCC(C)(C)C1C. The van der Waals surface area contributed by atoms with E-state index in [2.05, 4.69) is 45.9 Å². The van der Waals surface area contributed by atoms with Crippen molar-refractivity contribution < 1.29 is 0 Å². The molecule has 0 saturated heterocycles. The average molecular weight is 205 g/mol. The Morgan fingerprint density at radius 1 is 1.33 bits per heavy atom. The van der Waals surface area contributed by atoms with Crippen molar-refractivity contribution in [2.75, 3.05) is 13.6 Å². The van der Waals surface area contributed by atoms with Crippen LogP contribution in [0.1, 0.15) is 27.2 Å². The molecule has 1 rings (SSSR count). The summed E-state index contributed by atoms with van der Waals surface area (Å²) in [4.78, 5) is 2.29. The third-order valence-corrected chi connectivity index (χ3v) is 3.85. The molecule has 1 aliphatic rings. The maximum Gasteiger partial charge on any atom is 0.0392 e.